The van der Waals surface area contributed by atoms with E-state index in [1.165, 1.54) is 0 Å². The molecule has 1 heterocycles. The fourth-order valence-electron chi connectivity index (χ4n) is 1.02. The zero-order chi connectivity index (χ0) is 8.81. The standard InChI is InChI=1S/C8H14N2O2/c1-12-6-2-3-7(11)8-9-4-5-10-8/h4-5,7,11H,2-3,6H2,1H3,(H,9,10). The van der Waals surface area contributed by atoms with Crippen LogP contribution in [0.1, 0.15) is 24.8 Å². The Morgan fingerprint density at radius 3 is 3.17 bits per heavy atom. The molecule has 4 heteroatoms. The van der Waals surface area contributed by atoms with Gasteiger partial charge in [-0.3, -0.25) is 0 Å². The summed E-state index contributed by atoms with van der Waals surface area (Å²) >= 11 is 0. The van der Waals surface area contributed by atoms with Crippen molar-refractivity contribution >= 4 is 0 Å². The first-order chi connectivity index (χ1) is 5.84. The molecule has 12 heavy (non-hydrogen) atoms. The van der Waals surface area contributed by atoms with Crippen LogP contribution in [0, 0.1) is 0 Å². The van der Waals surface area contributed by atoms with Crippen LogP contribution in [0.2, 0.25) is 0 Å². The number of aromatic amines is 1. The number of nitrogens with one attached hydrogen (secondary N) is 1. The van der Waals surface area contributed by atoms with Crippen LogP contribution in [0.25, 0.3) is 0 Å². The Hall–Kier alpha value is -0.870. The van der Waals surface area contributed by atoms with Crippen molar-refractivity contribution in [3.05, 3.63) is 18.2 Å². The molecule has 0 saturated heterocycles. The van der Waals surface area contributed by atoms with Crippen LogP contribution >= 0.6 is 0 Å². The highest BCUT2D eigenvalue weighted by Gasteiger charge is 2.08. The average Bonchev–Trinajstić information content (AvgIpc) is 2.56. The summed E-state index contributed by atoms with van der Waals surface area (Å²) in [5.41, 5.74) is 0. The van der Waals surface area contributed by atoms with Crippen LogP contribution in [-0.2, 0) is 4.74 Å². The van der Waals surface area contributed by atoms with E-state index in [1.54, 1.807) is 19.5 Å². The number of rotatable bonds is 5. The van der Waals surface area contributed by atoms with Gasteiger partial charge in [0.05, 0.1) is 0 Å². The number of ether oxygens (including phenoxy) is 1. The third-order valence-electron chi connectivity index (χ3n) is 1.66. The Morgan fingerprint density at radius 1 is 1.75 bits per heavy atom. The summed E-state index contributed by atoms with van der Waals surface area (Å²) in [7, 11) is 1.65. The second-order valence-corrected chi connectivity index (χ2v) is 2.63. The van der Waals surface area contributed by atoms with Crippen LogP contribution < -0.4 is 0 Å². The van der Waals surface area contributed by atoms with Crippen LogP contribution in [0.4, 0.5) is 0 Å². The molecule has 1 aromatic rings. The molecule has 68 valence electrons. The van der Waals surface area contributed by atoms with Crippen LogP contribution in [0.5, 0.6) is 0 Å². The Kier molecular flexibility index (Phi) is 3.76. The molecule has 0 amide bonds. The first-order valence-electron chi connectivity index (χ1n) is 4.01. The monoisotopic (exact) mass is 170 g/mol. The van der Waals surface area contributed by atoms with Gasteiger partial charge in [0.25, 0.3) is 0 Å². The summed E-state index contributed by atoms with van der Waals surface area (Å²) in [6.07, 6.45) is 4.37. The molecule has 1 atom stereocenters. The number of aromatic nitrogens is 2. The highest BCUT2D eigenvalue weighted by molar-refractivity contribution is 4.91. The van der Waals surface area contributed by atoms with E-state index < -0.39 is 6.10 Å². The summed E-state index contributed by atoms with van der Waals surface area (Å²) in [4.78, 5) is 6.81. The minimum atomic E-state index is -0.491. The van der Waals surface area contributed by atoms with Gasteiger partial charge in [-0.1, -0.05) is 0 Å². The van der Waals surface area contributed by atoms with Gasteiger partial charge in [0.15, 0.2) is 0 Å². The van der Waals surface area contributed by atoms with Crippen molar-refractivity contribution in [2.75, 3.05) is 13.7 Å². The molecule has 0 radical (unpaired) electrons. The van der Waals surface area contributed by atoms with Crippen molar-refractivity contribution < 1.29 is 9.84 Å². The van der Waals surface area contributed by atoms with Crippen molar-refractivity contribution in [2.24, 2.45) is 0 Å². The molecule has 4 nitrogen and oxygen atoms in total. The van der Waals surface area contributed by atoms with E-state index in [0.29, 0.717) is 18.9 Å². The smallest absolute Gasteiger partial charge is 0.135 e. The number of hydrogen-bond donors (Lipinski definition) is 2. The summed E-state index contributed by atoms with van der Waals surface area (Å²) < 4.78 is 4.87. The lowest BCUT2D eigenvalue weighted by molar-refractivity contribution is 0.130. The first kappa shape index (κ1) is 9.22. The van der Waals surface area contributed by atoms with E-state index in [2.05, 4.69) is 9.97 Å². The number of imidazole rings is 1. The number of aliphatic hydroxyl groups excluding tert-OH is 1. The average molecular weight is 170 g/mol. The molecule has 2 N–H and O–H groups in total. The van der Waals surface area contributed by atoms with Gasteiger partial charge < -0.3 is 14.8 Å². The molecule has 1 unspecified atom stereocenters. The summed E-state index contributed by atoms with van der Waals surface area (Å²) in [6, 6.07) is 0. The van der Waals surface area contributed by atoms with E-state index in [4.69, 9.17) is 4.74 Å². The van der Waals surface area contributed by atoms with Crippen molar-refractivity contribution in [1.29, 1.82) is 0 Å². The Bertz CT molecular complexity index is 199. The molecule has 1 aromatic heterocycles. The van der Waals surface area contributed by atoms with E-state index in [-0.39, 0.29) is 0 Å². The minimum Gasteiger partial charge on any atom is -0.385 e. The first-order valence-corrected chi connectivity index (χ1v) is 4.01. The number of hydrogen-bond acceptors (Lipinski definition) is 3. The maximum absolute atomic E-state index is 9.49. The molecule has 0 saturated carbocycles. The zero-order valence-corrected chi connectivity index (χ0v) is 7.16. The Labute approximate surface area is 71.6 Å². The van der Waals surface area contributed by atoms with Crippen LogP contribution in [0.15, 0.2) is 12.4 Å². The Morgan fingerprint density at radius 2 is 2.58 bits per heavy atom. The minimum absolute atomic E-state index is 0.491. The van der Waals surface area contributed by atoms with E-state index in [0.717, 1.165) is 6.42 Å². The number of nitrogens with zero attached hydrogens (tertiary/aromatic N) is 1. The lowest BCUT2D eigenvalue weighted by Gasteiger charge is -2.06. The summed E-state index contributed by atoms with van der Waals surface area (Å²) in [6.45, 7) is 0.678. The predicted octanol–water partition coefficient (Wildman–Crippen LogP) is 0.870. The second kappa shape index (κ2) is 4.90. The van der Waals surface area contributed by atoms with Gasteiger partial charge in [0.1, 0.15) is 11.9 Å². The quantitative estimate of drug-likeness (QED) is 0.644. The molecule has 0 aromatic carbocycles. The van der Waals surface area contributed by atoms with Gasteiger partial charge in [-0.25, -0.2) is 4.98 Å². The molecule has 0 aliphatic heterocycles. The highest BCUT2D eigenvalue weighted by Crippen LogP contribution is 2.12. The maximum atomic E-state index is 9.49. The molecular weight excluding hydrogens is 156 g/mol. The normalized spacial score (nSPS) is 13.2. The van der Waals surface area contributed by atoms with Gasteiger partial charge in [0, 0.05) is 26.1 Å². The van der Waals surface area contributed by atoms with Crippen LogP contribution in [-0.4, -0.2) is 28.8 Å². The van der Waals surface area contributed by atoms with Crippen molar-refractivity contribution in [3.63, 3.8) is 0 Å². The van der Waals surface area contributed by atoms with Crippen molar-refractivity contribution in [2.45, 2.75) is 18.9 Å². The molecule has 0 fully saturated rings. The van der Waals surface area contributed by atoms with E-state index in [1.807, 2.05) is 0 Å². The molecule has 0 bridgehead atoms. The fraction of sp³-hybridized carbons (Fsp3) is 0.625. The largest absolute Gasteiger partial charge is 0.385 e. The highest BCUT2D eigenvalue weighted by atomic mass is 16.5. The number of aliphatic hydroxyl groups is 1. The molecule has 0 aliphatic carbocycles. The molecule has 0 spiro atoms. The van der Waals surface area contributed by atoms with E-state index in [9.17, 15) is 5.11 Å². The van der Waals surface area contributed by atoms with Gasteiger partial charge in [-0.15, -0.1) is 0 Å². The Balaban J connectivity index is 2.25. The zero-order valence-electron chi connectivity index (χ0n) is 7.16. The molecular formula is C8H14N2O2. The van der Waals surface area contributed by atoms with Crippen molar-refractivity contribution in [3.8, 4) is 0 Å². The van der Waals surface area contributed by atoms with Gasteiger partial charge in [0.2, 0.25) is 0 Å². The topological polar surface area (TPSA) is 58.1 Å². The maximum Gasteiger partial charge on any atom is 0.135 e. The summed E-state index contributed by atoms with van der Waals surface area (Å²) in [5, 5.41) is 9.49. The van der Waals surface area contributed by atoms with Gasteiger partial charge in [-0.05, 0) is 12.8 Å². The number of methoxy groups -OCH3 is 1. The molecule has 1 rings (SSSR count). The lowest BCUT2D eigenvalue weighted by Crippen LogP contribution is -2.01. The fourth-order valence-corrected chi connectivity index (χ4v) is 1.02. The second-order valence-electron chi connectivity index (χ2n) is 2.63. The number of H-pyrrole nitrogens is 1. The van der Waals surface area contributed by atoms with E-state index >= 15 is 0 Å². The van der Waals surface area contributed by atoms with Gasteiger partial charge >= 0.3 is 0 Å². The third-order valence-corrected chi connectivity index (χ3v) is 1.66. The van der Waals surface area contributed by atoms with Crippen LogP contribution in [0.3, 0.4) is 0 Å². The third kappa shape index (κ3) is 2.64. The van der Waals surface area contributed by atoms with Gasteiger partial charge in [-0.2, -0.15) is 0 Å². The lowest BCUT2D eigenvalue weighted by atomic mass is 10.2. The van der Waals surface area contributed by atoms with Crippen molar-refractivity contribution in [1.82, 2.24) is 9.97 Å². The predicted molar refractivity (Wildman–Crippen MR) is 44.7 cm³/mol. The SMILES string of the molecule is COCCCC(O)c1ncc[nH]1. The summed E-state index contributed by atoms with van der Waals surface area (Å²) in [5.74, 6) is 0.631. The molecule has 0 aliphatic rings.